The third kappa shape index (κ3) is 5.26. The topological polar surface area (TPSA) is 116 Å². The smallest absolute Gasteiger partial charge is 0.186 e. The van der Waals surface area contributed by atoms with E-state index in [9.17, 15) is 25.2 Å². The van der Waals surface area contributed by atoms with Crippen LogP contribution in [0.4, 0.5) is 0 Å². The molecule has 7 heteroatoms. The number of aliphatic hydroxyl groups excluding tert-OH is 4. The Morgan fingerprint density at radius 3 is 2.42 bits per heavy atom. The number of allylic oxidation sites excluding steroid dienone is 1. The summed E-state index contributed by atoms with van der Waals surface area (Å²) >= 11 is 0. The highest BCUT2D eigenvalue weighted by atomic mass is 16.7. The van der Waals surface area contributed by atoms with E-state index in [2.05, 4.69) is 34.6 Å². The number of hydrogen-bond donors (Lipinski definition) is 4. The maximum atomic E-state index is 13.9. The molecule has 5 rings (SSSR count). The molecule has 0 aromatic heterocycles. The number of carbonyl (C=O) groups is 1. The van der Waals surface area contributed by atoms with E-state index in [-0.39, 0.29) is 22.9 Å². The van der Waals surface area contributed by atoms with Gasteiger partial charge >= 0.3 is 0 Å². The fraction of sp³-hybridized carbons (Fsp3) is 0.909. The zero-order valence-electron chi connectivity index (χ0n) is 25.3. The maximum Gasteiger partial charge on any atom is 0.186 e. The Kier molecular flexibility index (Phi) is 8.95. The average Bonchev–Trinajstić information content (AvgIpc) is 3.26. The van der Waals surface area contributed by atoms with Gasteiger partial charge in [-0.3, -0.25) is 4.79 Å². The van der Waals surface area contributed by atoms with Crippen LogP contribution in [0.3, 0.4) is 0 Å². The first-order chi connectivity index (χ1) is 18.9. The highest BCUT2D eigenvalue weighted by Crippen LogP contribution is 2.66. The molecule has 3 saturated carbocycles. The lowest BCUT2D eigenvalue weighted by Crippen LogP contribution is -2.60. The van der Waals surface area contributed by atoms with Crippen molar-refractivity contribution in [2.45, 2.75) is 136 Å². The molecule has 0 unspecified atom stereocenters. The average molecular weight is 563 g/mol. The summed E-state index contributed by atoms with van der Waals surface area (Å²) in [7, 11) is 0. The molecular formula is C33H54O7. The Bertz CT molecular complexity index is 947. The Morgan fingerprint density at radius 1 is 0.975 bits per heavy atom. The lowest BCUT2D eigenvalue weighted by atomic mass is 9.46. The first-order valence-electron chi connectivity index (χ1n) is 16.1. The summed E-state index contributed by atoms with van der Waals surface area (Å²) in [5.41, 5.74) is 1.37. The van der Waals surface area contributed by atoms with E-state index in [4.69, 9.17) is 9.47 Å². The molecular weight excluding hydrogens is 508 g/mol. The lowest BCUT2D eigenvalue weighted by Gasteiger charge is -2.58. The normalized spacial score (nSPS) is 47.9. The standard InChI is InChI=1S/C33H54O7/c1-18(2)7-6-8-19(3)22-9-10-23-27-24(12-14-33(22,23)5)32(4)13-11-21(15-20(32)16-25(27)35)39-31-30(38)29(37)28(36)26(17-34)40-31/h16,18-19,21-24,26-31,34,36-38H,6-15,17H2,1-5H3/t19-,21+,22-,23+,24+,26-,27+,28-,29+,30+,31+,32+,33-/m1/s1. The molecule has 1 saturated heterocycles. The van der Waals surface area contributed by atoms with Gasteiger partial charge in [0, 0.05) is 5.92 Å². The van der Waals surface area contributed by atoms with E-state index in [1.54, 1.807) is 0 Å². The summed E-state index contributed by atoms with van der Waals surface area (Å²) in [4.78, 5) is 13.9. The van der Waals surface area contributed by atoms with Gasteiger partial charge in [-0.15, -0.1) is 0 Å². The van der Waals surface area contributed by atoms with Crippen LogP contribution in [0.5, 0.6) is 0 Å². The SMILES string of the molecule is CC(C)CCC[C@@H](C)[C@H]1CC[C@H]2[C@@H]3C(=O)C=C4C[C@@H](O[C@H]5O[C@H](CO)[C@@H](O)[C@H](O)[C@@H]5O)CC[C@]4(C)[C@H]3CC[C@]12C. The van der Waals surface area contributed by atoms with Crippen LogP contribution in [-0.2, 0) is 14.3 Å². The van der Waals surface area contributed by atoms with Crippen LogP contribution in [0.1, 0.15) is 98.8 Å². The quantitative estimate of drug-likeness (QED) is 0.347. The van der Waals surface area contributed by atoms with E-state index in [0.29, 0.717) is 35.9 Å². The molecule has 4 aliphatic carbocycles. The molecule has 1 heterocycles. The van der Waals surface area contributed by atoms with Crippen molar-refractivity contribution in [1.29, 1.82) is 0 Å². The fourth-order valence-corrected chi connectivity index (χ4v) is 9.88. The number of carbonyl (C=O) groups excluding carboxylic acids is 1. The Labute approximate surface area is 240 Å². The zero-order chi connectivity index (χ0) is 29.0. The maximum absolute atomic E-state index is 13.9. The molecule has 0 aromatic rings. The predicted molar refractivity (Wildman–Crippen MR) is 152 cm³/mol. The first kappa shape index (κ1) is 30.6. The van der Waals surface area contributed by atoms with Crippen LogP contribution in [0.2, 0.25) is 0 Å². The van der Waals surface area contributed by atoms with Crippen LogP contribution < -0.4 is 0 Å². The Morgan fingerprint density at radius 2 is 1.73 bits per heavy atom. The van der Waals surface area contributed by atoms with Gasteiger partial charge in [-0.25, -0.2) is 0 Å². The van der Waals surface area contributed by atoms with Crippen molar-refractivity contribution in [3.63, 3.8) is 0 Å². The molecule has 4 N–H and O–H groups in total. The summed E-state index contributed by atoms with van der Waals surface area (Å²) in [6, 6.07) is 0. The number of ether oxygens (including phenoxy) is 2. The van der Waals surface area contributed by atoms with Gasteiger partial charge in [-0.2, -0.15) is 0 Å². The van der Waals surface area contributed by atoms with Gasteiger partial charge in [0.25, 0.3) is 0 Å². The van der Waals surface area contributed by atoms with E-state index in [1.165, 1.54) is 38.5 Å². The predicted octanol–water partition coefficient (Wildman–Crippen LogP) is 4.39. The molecule has 1 aliphatic heterocycles. The molecule has 4 fully saturated rings. The molecule has 0 amide bonds. The number of aliphatic hydroxyl groups is 4. The summed E-state index contributed by atoms with van der Waals surface area (Å²) in [6.07, 6.45) is 6.21. The summed E-state index contributed by atoms with van der Waals surface area (Å²) in [5.74, 6) is 3.42. The van der Waals surface area contributed by atoms with E-state index < -0.39 is 37.3 Å². The van der Waals surface area contributed by atoms with Gasteiger partial charge in [0.1, 0.15) is 24.4 Å². The van der Waals surface area contributed by atoms with Gasteiger partial charge in [-0.1, -0.05) is 59.5 Å². The Balaban J connectivity index is 1.28. The lowest BCUT2D eigenvalue weighted by molar-refractivity contribution is -0.313. The van der Waals surface area contributed by atoms with Crippen LogP contribution in [0, 0.1) is 46.3 Å². The van der Waals surface area contributed by atoms with Gasteiger partial charge in [0.15, 0.2) is 12.1 Å². The van der Waals surface area contributed by atoms with Crippen molar-refractivity contribution >= 4 is 5.78 Å². The summed E-state index contributed by atoms with van der Waals surface area (Å²) in [5, 5.41) is 40.3. The Hall–Kier alpha value is -0.830. The van der Waals surface area contributed by atoms with Crippen molar-refractivity contribution in [3.05, 3.63) is 11.6 Å². The molecule has 0 aromatic carbocycles. The first-order valence-corrected chi connectivity index (χ1v) is 16.1. The summed E-state index contributed by atoms with van der Waals surface area (Å²) in [6.45, 7) is 11.5. The molecule has 0 bridgehead atoms. The number of ketones is 1. The van der Waals surface area contributed by atoms with Crippen molar-refractivity contribution < 1.29 is 34.7 Å². The minimum absolute atomic E-state index is 0.0316. The van der Waals surface area contributed by atoms with Crippen molar-refractivity contribution in [2.24, 2.45) is 46.3 Å². The van der Waals surface area contributed by atoms with Crippen molar-refractivity contribution in [1.82, 2.24) is 0 Å². The van der Waals surface area contributed by atoms with Crippen LogP contribution in [0.15, 0.2) is 11.6 Å². The van der Waals surface area contributed by atoms with Crippen LogP contribution in [-0.4, -0.2) is 69.6 Å². The van der Waals surface area contributed by atoms with Crippen LogP contribution in [0.25, 0.3) is 0 Å². The number of rotatable bonds is 8. The van der Waals surface area contributed by atoms with Gasteiger partial charge < -0.3 is 29.9 Å². The van der Waals surface area contributed by atoms with Gasteiger partial charge in [0.05, 0.1) is 12.7 Å². The molecule has 228 valence electrons. The van der Waals surface area contributed by atoms with E-state index in [0.717, 1.165) is 30.8 Å². The van der Waals surface area contributed by atoms with Gasteiger partial charge in [-0.05, 0) is 91.4 Å². The molecule has 40 heavy (non-hydrogen) atoms. The molecule has 7 nitrogen and oxygen atoms in total. The minimum atomic E-state index is -1.45. The largest absolute Gasteiger partial charge is 0.394 e. The second kappa shape index (κ2) is 11.7. The second-order valence-corrected chi connectivity index (χ2v) is 15.0. The minimum Gasteiger partial charge on any atom is -0.394 e. The molecule has 0 spiro atoms. The van der Waals surface area contributed by atoms with Crippen LogP contribution >= 0.6 is 0 Å². The van der Waals surface area contributed by atoms with Crippen molar-refractivity contribution in [2.75, 3.05) is 6.61 Å². The summed E-state index contributed by atoms with van der Waals surface area (Å²) < 4.78 is 11.7. The van der Waals surface area contributed by atoms with E-state index >= 15 is 0 Å². The second-order valence-electron chi connectivity index (χ2n) is 15.0. The number of fused-ring (bicyclic) bond motifs is 5. The molecule has 0 radical (unpaired) electrons. The molecule has 5 aliphatic rings. The number of hydrogen-bond acceptors (Lipinski definition) is 7. The van der Waals surface area contributed by atoms with Crippen molar-refractivity contribution in [3.8, 4) is 0 Å². The third-order valence-electron chi connectivity index (χ3n) is 12.3. The highest BCUT2D eigenvalue weighted by Gasteiger charge is 2.61. The molecule has 13 atom stereocenters. The van der Waals surface area contributed by atoms with Gasteiger partial charge in [0.2, 0.25) is 0 Å². The third-order valence-corrected chi connectivity index (χ3v) is 12.3. The highest BCUT2D eigenvalue weighted by molar-refractivity contribution is 5.94. The fourth-order valence-electron chi connectivity index (χ4n) is 9.88. The van der Waals surface area contributed by atoms with E-state index in [1.807, 2.05) is 6.08 Å². The zero-order valence-corrected chi connectivity index (χ0v) is 25.3. The monoisotopic (exact) mass is 562 g/mol.